The lowest BCUT2D eigenvalue weighted by molar-refractivity contribution is 0.0939. The molecule has 1 atom stereocenters. The second-order valence-corrected chi connectivity index (χ2v) is 6.63. The molecule has 27 heavy (non-hydrogen) atoms. The summed E-state index contributed by atoms with van der Waals surface area (Å²) in [4.78, 5) is 12.6. The van der Waals surface area contributed by atoms with Crippen LogP contribution >= 0.6 is 11.6 Å². The molecule has 1 amide bonds. The highest BCUT2D eigenvalue weighted by atomic mass is 35.5. The Hall–Kier alpha value is -2.79. The molecule has 0 saturated carbocycles. The van der Waals surface area contributed by atoms with Gasteiger partial charge in [0.2, 0.25) is 0 Å². The minimum atomic E-state index is -0.172. The second-order valence-electron chi connectivity index (χ2n) is 6.22. The molecule has 0 spiro atoms. The van der Waals surface area contributed by atoms with Gasteiger partial charge in [0.25, 0.3) is 5.91 Å². The van der Waals surface area contributed by atoms with Crippen LogP contribution in [0, 0.1) is 0 Å². The van der Waals surface area contributed by atoms with Gasteiger partial charge < -0.3 is 10.1 Å². The summed E-state index contributed by atoms with van der Waals surface area (Å²) in [7, 11) is 0. The molecule has 0 saturated heterocycles. The highest BCUT2D eigenvalue weighted by Gasteiger charge is 2.14. The first-order chi connectivity index (χ1) is 13.1. The maximum Gasteiger partial charge on any atom is 0.254 e. The van der Waals surface area contributed by atoms with Gasteiger partial charge in [-0.25, -0.2) is 0 Å². The van der Waals surface area contributed by atoms with E-state index in [1.54, 1.807) is 17.1 Å². The van der Waals surface area contributed by atoms with Gasteiger partial charge in [0, 0.05) is 11.2 Å². The Morgan fingerprint density at radius 2 is 2.07 bits per heavy atom. The van der Waals surface area contributed by atoms with Crippen molar-refractivity contribution >= 4 is 17.5 Å². The van der Waals surface area contributed by atoms with Crippen molar-refractivity contribution in [2.75, 3.05) is 6.61 Å². The molecule has 0 radical (unpaired) electrons. The number of rotatable bonds is 7. The molecule has 0 aliphatic carbocycles. The Balaban J connectivity index is 1.65. The molecular weight excluding hydrogens is 362 g/mol. The largest absolute Gasteiger partial charge is 0.494 e. The smallest absolute Gasteiger partial charge is 0.254 e. The van der Waals surface area contributed by atoms with E-state index in [9.17, 15) is 4.79 Å². The van der Waals surface area contributed by atoms with E-state index in [1.165, 1.54) is 0 Å². The van der Waals surface area contributed by atoms with Crippen molar-refractivity contribution < 1.29 is 9.53 Å². The highest BCUT2D eigenvalue weighted by Crippen LogP contribution is 2.20. The summed E-state index contributed by atoms with van der Waals surface area (Å²) in [6.45, 7) is 5.00. The quantitative estimate of drug-likeness (QED) is 0.654. The van der Waals surface area contributed by atoms with Gasteiger partial charge in [-0.15, -0.1) is 0 Å². The Morgan fingerprint density at radius 1 is 1.26 bits per heavy atom. The Morgan fingerprint density at radius 3 is 2.85 bits per heavy atom. The SMILES string of the molecule is CCOc1cccc(C(C)NC(=O)c2cnn(Cc3ccccc3Cl)c2)c1. The fraction of sp³-hybridized carbons (Fsp3) is 0.238. The molecule has 1 N–H and O–H groups in total. The van der Waals surface area contributed by atoms with Gasteiger partial charge in [0.05, 0.1) is 31.0 Å². The van der Waals surface area contributed by atoms with Gasteiger partial charge in [0.15, 0.2) is 0 Å². The fourth-order valence-corrected chi connectivity index (χ4v) is 2.97. The number of nitrogens with one attached hydrogen (secondary N) is 1. The summed E-state index contributed by atoms with van der Waals surface area (Å²) >= 11 is 6.18. The van der Waals surface area contributed by atoms with E-state index in [-0.39, 0.29) is 11.9 Å². The van der Waals surface area contributed by atoms with Crippen LogP contribution in [0.3, 0.4) is 0 Å². The minimum absolute atomic E-state index is 0.148. The van der Waals surface area contributed by atoms with Crippen LogP contribution in [0.5, 0.6) is 5.75 Å². The summed E-state index contributed by atoms with van der Waals surface area (Å²) in [5, 5.41) is 7.95. The third-order valence-electron chi connectivity index (χ3n) is 4.20. The van der Waals surface area contributed by atoms with E-state index in [2.05, 4.69) is 10.4 Å². The molecule has 0 fully saturated rings. The number of aromatic nitrogens is 2. The van der Waals surface area contributed by atoms with E-state index >= 15 is 0 Å². The summed E-state index contributed by atoms with van der Waals surface area (Å²) in [6.07, 6.45) is 3.29. The summed E-state index contributed by atoms with van der Waals surface area (Å²) in [5.74, 6) is 0.623. The first kappa shape index (κ1) is 19.0. The Kier molecular flexibility index (Phi) is 6.14. The van der Waals surface area contributed by atoms with Gasteiger partial charge >= 0.3 is 0 Å². The zero-order chi connectivity index (χ0) is 19.2. The topological polar surface area (TPSA) is 56.1 Å². The van der Waals surface area contributed by atoms with E-state index in [4.69, 9.17) is 16.3 Å². The standard InChI is InChI=1S/C21H22ClN3O2/c1-3-27-19-9-6-8-16(11-19)15(2)24-21(26)18-12-23-25(14-18)13-17-7-4-5-10-20(17)22/h4-12,14-15H,3,13H2,1-2H3,(H,24,26). The van der Waals surface area contributed by atoms with Crippen molar-refractivity contribution in [3.63, 3.8) is 0 Å². The summed E-state index contributed by atoms with van der Waals surface area (Å²) in [5.41, 5.74) is 2.45. The van der Waals surface area contributed by atoms with Crippen molar-refractivity contribution in [3.05, 3.63) is 82.6 Å². The lowest BCUT2D eigenvalue weighted by Gasteiger charge is -2.15. The summed E-state index contributed by atoms with van der Waals surface area (Å²) in [6, 6.07) is 15.2. The number of ether oxygens (including phenoxy) is 1. The van der Waals surface area contributed by atoms with Gasteiger partial charge in [-0.2, -0.15) is 5.10 Å². The fourth-order valence-electron chi connectivity index (χ4n) is 2.77. The molecule has 1 heterocycles. The van der Waals surface area contributed by atoms with E-state index in [0.717, 1.165) is 16.9 Å². The average Bonchev–Trinajstić information content (AvgIpc) is 3.13. The van der Waals surface area contributed by atoms with Crippen molar-refractivity contribution in [3.8, 4) is 5.75 Å². The van der Waals surface area contributed by atoms with Gasteiger partial charge in [-0.05, 0) is 43.2 Å². The van der Waals surface area contributed by atoms with Gasteiger partial charge in [-0.3, -0.25) is 9.48 Å². The molecule has 1 aromatic heterocycles. The van der Waals surface area contributed by atoms with E-state index in [1.807, 2.05) is 62.4 Å². The molecular formula is C21H22ClN3O2. The van der Waals surface area contributed by atoms with Crippen LogP contribution in [0.2, 0.25) is 5.02 Å². The first-order valence-electron chi connectivity index (χ1n) is 8.86. The number of halogens is 1. The number of carbonyl (C=O) groups is 1. The highest BCUT2D eigenvalue weighted by molar-refractivity contribution is 6.31. The maximum atomic E-state index is 12.6. The number of carbonyl (C=O) groups excluding carboxylic acids is 1. The lowest BCUT2D eigenvalue weighted by atomic mass is 10.1. The van der Waals surface area contributed by atoms with Crippen LogP contribution < -0.4 is 10.1 Å². The number of nitrogens with zero attached hydrogens (tertiary/aromatic N) is 2. The Bertz CT molecular complexity index is 923. The van der Waals surface area contributed by atoms with Gasteiger partial charge in [-0.1, -0.05) is 41.9 Å². The number of benzene rings is 2. The third-order valence-corrected chi connectivity index (χ3v) is 4.57. The van der Waals surface area contributed by atoms with Crippen molar-refractivity contribution in [1.29, 1.82) is 0 Å². The number of hydrogen-bond donors (Lipinski definition) is 1. The van der Waals surface area contributed by atoms with Crippen LogP contribution in [0.25, 0.3) is 0 Å². The van der Waals surface area contributed by atoms with Crippen LogP contribution in [0.15, 0.2) is 60.9 Å². The maximum absolute atomic E-state index is 12.6. The lowest BCUT2D eigenvalue weighted by Crippen LogP contribution is -2.26. The predicted molar refractivity (Wildman–Crippen MR) is 106 cm³/mol. The predicted octanol–water partition coefficient (Wildman–Crippen LogP) is 4.47. The van der Waals surface area contributed by atoms with Crippen LogP contribution in [0.4, 0.5) is 0 Å². The molecule has 6 heteroatoms. The molecule has 3 rings (SSSR count). The third kappa shape index (κ3) is 4.89. The second kappa shape index (κ2) is 8.73. The molecule has 3 aromatic rings. The van der Waals surface area contributed by atoms with Crippen LogP contribution in [-0.2, 0) is 6.54 Å². The molecule has 0 aliphatic heterocycles. The average molecular weight is 384 g/mol. The van der Waals surface area contributed by atoms with Crippen LogP contribution in [0.1, 0.15) is 41.4 Å². The summed E-state index contributed by atoms with van der Waals surface area (Å²) < 4.78 is 7.22. The molecule has 1 unspecified atom stereocenters. The molecule has 0 aliphatic rings. The molecule has 5 nitrogen and oxygen atoms in total. The zero-order valence-electron chi connectivity index (χ0n) is 15.4. The Labute approximate surface area is 163 Å². The van der Waals surface area contributed by atoms with Gasteiger partial charge in [0.1, 0.15) is 5.75 Å². The molecule has 140 valence electrons. The molecule has 2 aromatic carbocycles. The van der Waals surface area contributed by atoms with Crippen molar-refractivity contribution in [2.24, 2.45) is 0 Å². The van der Waals surface area contributed by atoms with E-state index < -0.39 is 0 Å². The minimum Gasteiger partial charge on any atom is -0.494 e. The number of hydrogen-bond acceptors (Lipinski definition) is 3. The van der Waals surface area contributed by atoms with Crippen LogP contribution in [-0.4, -0.2) is 22.3 Å². The van der Waals surface area contributed by atoms with E-state index in [0.29, 0.717) is 23.7 Å². The van der Waals surface area contributed by atoms with Crippen molar-refractivity contribution in [1.82, 2.24) is 15.1 Å². The molecule has 0 bridgehead atoms. The normalized spacial score (nSPS) is 11.8. The zero-order valence-corrected chi connectivity index (χ0v) is 16.1. The number of amides is 1. The van der Waals surface area contributed by atoms with Crippen molar-refractivity contribution in [2.45, 2.75) is 26.4 Å². The first-order valence-corrected chi connectivity index (χ1v) is 9.24. The monoisotopic (exact) mass is 383 g/mol.